The first kappa shape index (κ1) is 62.1. The van der Waals surface area contributed by atoms with Crippen molar-refractivity contribution in [3.8, 4) is 0 Å². The summed E-state index contributed by atoms with van der Waals surface area (Å²) < 4.78 is 5.48. The van der Waals surface area contributed by atoms with Gasteiger partial charge in [-0.2, -0.15) is 0 Å². The smallest absolute Gasteiger partial charge is 0.305 e. The van der Waals surface area contributed by atoms with Crippen molar-refractivity contribution in [1.82, 2.24) is 5.32 Å². The van der Waals surface area contributed by atoms with Gasteiger partial charge < -0.3 is 20.3 Å². The molecule has 3 N–H and O–H groups in total. The van der Waals surface area contributed by atoms with Gasteiger partial charge >= 0.3 is 5.97 Å². The van der Waals surface area contributed by atoms with Gasteiger partial charge in [0.05, 0.1) is 25.4 Å². The van der Waals surface area contributed by atoms with Crippen molar-refractivity contribution in [2.45, 2.75) is 309 Å². The number of aliphatic hydroxyl groups is 2. The molecule has 1 amide bonds. The van der Waals surface area contributed by atoms with Gasteiger partial charge in [0.2, 0.25) is 5.91 Å². The first-order chi connectivity index (χ1) is 31.5. The lowest BCUT2D eigenvalue weighted by molar-refractivity contribution is -0.143. The molecule has 0 spiro atoms. The van der Waals surface area contributed by atoms with Gasteiger partial charge in [0.25, 0.3) is 0 Å². The maximum atomic E-state index is 12.4. The van der Waals surface area contributed by atoms with Gasteiger partial charge in [-0.3, -0.25) is 9.59 Å². The molecule has 0 saturated carbocycles. The summed E-state index contributed by atoms with van der Waals surface area (Å²) in [5, 5.41) is 23.0. The zero-order chi connectivity index (χ0) is 46.5. The number of rotatable bonds is 52. The summed E-state index contributed by atoms with van der Waals surface area (Å²) in [6.07, 6.45) is 65.9. The summed E-state index contributed by atoms with van der Waals surface area (Å²) in [4.78, 5) is 24.5. The summed E-state index contributed by atoms with van der Waals surface area (Å²) in [6.45, 7) is 4.86. The van der Waals surface area contributed by atoms with Crippen LogP contribution in [0.25, 0.3) is 0 Å². The lowest BCUT2D eigenvalue weighted by Crippen LogP contribution is -2.45. The molecule has 0 radical (unpaired) electrons. The molecule has 2 unspecified atom stereocenters. The van der Waals surface area contributed by atoms with Crippen molar-refractivity contribution in [2.75, 3.05) is 13.2 Å². The Morgan fingerprint density at radius 3 is 1.20 bits per heavy atom. The van der Waals surface area contributed by atoms with Crippen LogP contribution in [0.15, 0.2) is 36.5 Å². The van der Waals surface area contributed by atoms with Gasteiger partial charge in [-0.05, 0) is 64.2 Å². The van der Waals surface area contributed by atoms with E-state index in [0.29, 0.717) is 19.4 Å². The Morgan fingerprint density at radius 1 is 0.438 bits per heavy atom. The summed E-state index contributed by atoms with van der Waals surface area (Å²) in [5.41, 5.74) is 0. The van der Waals surface area contributed by atoms with Crippen molar-refractivity contribution in [2.24, 2.45) is 0 Å². The SMILES string of the molecule is CCCCCC/C=C\C/C=C\CCCCCCCCCC(=O)OCCCCCCCCCCCCCCCCCCCCCC(=O)NC(CO)C(O)/C=C/CCCCCCCCCC. The fourth-order valence-electron chi connectivity index (χ4n) is 8.55. The van der Waals surface area contributed by atoms with Crippen molar-refractivity contribution >= 4 is 11.9 Å². The van der Waals surface area contributed by atoms with Gasteiger partial charge in [0.15, 0.2) is 0 Å². The molecule has 0 bridgehead atoms. The minimum atomic E-state index is -0.845. The minimum absolute atomic E-state index is 0.000496. The highest BCUT2D eigenvalue weighted by Crippen LogP contribution is 2.16. The largest absolute Gasteiger partial charge is 0.466 e. The van der Waals surface area contributed by atoms with Gasteiger partial charge in [-0.15, -0.1) is 0 Å². The second-order valence-corrected chi connectivity index (χ2v) is 19.3. The number of unbranched alkanes of at least 4 members (excludes halogenated alkanes) is 37. The molecule has 0 saturated heterocycles. The van der Waals surface area contributed by atoms with Crippen molar-refractivity contribution < 1.29 is 24.5 Å². The standard InChI is InChI=1S/C58H109NO5/c1-3-5-7-9-11-13-15-16-17-18-23-26-29-32-36-40-44-48-52-58(63)64-53-49-45-41-37-33-30-27-24-21-19-20-22-25-28-31-35-39-43-47-51-57(62)59-55(54-60)56(61)50-46-42-38-34-14-12-10-8-6-4-2/h13,15,17-18,46,50,55-56,60-61H,3-12,14,16,19-45,47-49,51-54H2,1-2H3,(H,59,62)/b15-13-,18-17-,50-46+. The third-order valence-electron chi connectivity index (χ3n) is 12.9. The fraction of sp³-hybridized carbons (Fsp3) is 0.862. The number of carbonyl (C=O) groups is 2. The van der Waals surface area contributed by atoms with Gasteiger partial charge in [-0.25, -0.2) is 0 Å². The highest BCUT2D eigenvalue weighted by atomic mass is 16.5. The van der Waals surface area contributed by atoms with E-state index in [0.717, 1.165) is 51.4 Å². The van der Waals surface area contributed by atoms with Crippen LogP contribution >= 0.6 is 0 Å². The number of carbonyl (C=O) groups excluding carboxylic acids is 2. The quantitative estimate of drug-likeness (QED) is 0.0321. The number of nitrogens with one attached hydrogen (secondary N) is 1. The lowest BCUT2D eigenvalue weighted by Gasteiger charge is -2.20. The third-order valence-corrected chi connectivity index (χ3v) is 12.9. The van der Waals surface area contributed by atoms with Gasteiger partial charge in [0, 0.05) is 12.8 Å². The topological polar surface area (TPSA) is 95.9 Å². The second-order valence-electron chi connectivity index (χ2n) is 19.3. The number of aliphatic hydroxyl groups excluding tert-OH is 2. The van der Waals surface area contributed by atoms with Crippen LogP contribution in [0, 0.1) is 0 Å². The molecule has 6 heteroatoms. The molecule has 0 aliphatic rings. The van der Waals surface area contributed by atoms with Crippen LogP contribution in [0.1, 0.15) is 296 Å². The fourth-order valence-corrected chi connectivity index (χ4v) is 8.55. The van der Waals surface area contributed by atoms with Crippen molar-refractivity contribution in [3.05, 3.63) is 36.5 Å². The maximum Gasteiger partial charge on any atom is 0.305 e. The molecule has 376 valence electrons. The van der Waals surface area contributed by atoms with Gasteiger partial charge in [0.1, 0.15) is 0 Å². The van der Waals surface area contributed by atoms with E-state index in [1.165, 1.54) is 218 Å². The zero-order valence-electron chi connectivity index (χ0n) is 42.8. The van der Waals surface area contributed by atoms with Crippen molar-refractivity contribution in [1.29, 1.82) is 0 Å². The van der Waals surface area contributed by atoms with E-state index in [4.69, 9.17) is 4.74 Å². The highest BCUT2D eigenvalue weighted by molar-refractivity contribution is 5.76. The number of hydrogen-bond acceptors (Lipinski definition) is 5. The molecular formula is C58H109NO5. The Kier molecular flexibility index (Phi) is 52.1. The molecule has 0 aromatic carbocycles. The van der Waals surface area contributed by atoms with Crippen LogP contribution in [-0.2, 0) is 14.3 Å². The van der Waals surface area contributed by atoms with Crippen LogP contribution in [-0.4, -0.2) is 47.4 Å². The van der Waals surface area contributed by atoms with E-state index in [1.807, 2.05) is 6.08 Å². The Hall–Kier alpha value is -1.92. The average molecular weight is 901 g/mol. The molecule has 0 aromatic rings. The average Bonchev–Trinajstić information content (AvgIpc) is 3.29. The van der Waals surface area contributed by atoms with Crippen molar-refractivity contribution in [3.63, 3.8) is 0 Å². The van der Waals surface area contributed by atoms with E-state index in [1.54, 1.807) is 6.08 Å². The predicted molar refractivity (Wildman–Crippen MR) is 278 cm³/mol. The molecule has 0 aliphatic heterocycles. The normalized spacial score (nSPS) is 12.9. The summed E-state index contributed by atoms with van der Waals surface area (Å²) >= 11 is 0. The van der Waals surface area contributed by atoms with Crippen LogP contribution in [0.2, 0.25) is 0 Å². The predicted octanol–water partition coefficient (Wildman–Crippen LogP) is 17.2. The Bertz CT molecular complexity index is 1040. The van der Waals surface area contributed by atoms with Crippen LogP contribution in [0.5, 0.6) is 0 Å². The van der Waals surface area contributed by atoms with Crippen LogP contribution < -0.4 is 5.32 Å². The molecule has 64 heavy (non-hydrogen) atoms. The molecule has 0 rings (SSSR count). The number of ether oxygens (including phenoxy) is 1. The Balaban J connectivity index is 3.39. The summed E-state index contributed by atoms with van der Waals surface area (Å²) in [5.74, 6) is -0.0726. The van der Waals surface area contributed by atoms with E-state index in [9.17, 15) is 19.8 Å². The maximum absolute atomic E-state index is 12.4. The van der Waals surface area contributed by atoms with E-state index >= 15 is 0 Å². The molecule has 0 aromatic heterocycles. The number of amides is 1. The summed E-state index contributed by atoms with van der Waals surface area (Å²) in [6, 6.07) is -0.628. The second kappa shape index (κ2) is 53.7. The molecule has 2 atom stereocenters. The number of esters is 1. The third kappa shape index (κ3) is 49.5. The number of hydrogen-bond donors (Lipinski definition) is 3. The first-order valence-corrected chi connectivity index (χ1v) is 28.3. The zero-order valence-corrected chi connectivity index (χ0v) is 42.8. The molecule has 0 aliphatic carbocycles. The van der Waals surface area contributed by atoms with E-state index in [-0.39, 0.29) is 18.5 Å². The summed E-state index contributed by atoms with van der Waals surface area (Å²) in [7, 11) is 0. The van der Waals surface area contributed by atoms with E-state index in [2.05, 4.69) is 43.5 Å². The Labute approximate surface area is 398 Å². The molecule has 0 fully saturated rings. The Morgan fingerprint density at radius 2 is 0.781 bits per heavy atom. The highest BCUT2D eigenvalue weighted by Gasteiger charge is 2.18. The van der Waals surface area contributed by atoms with Crippen LogP contribution in [0.4, 0.5) is 0 Å². The molecule has 0 heterocycles. The number of allylic oxidation sites excluding steroid dienone is 5. The minimum Gasteiger partial charge on any atom is -0.466 e. The van der Waals surface area contributed by atoms with E-state index < -0.39 is 12.1 Å². The van der Waals surface area contributed by atoms with Gasteiger partial charge in [-0.1, -0.05) is 256 Å². The molecular weight excluding hydrogens is 791 g/mol. The first-order valence-electron chi connectivity index (χ1n) is 28.3. The lowest BCUT2D eigenvalue weighted by atomic mass is 10.0. The van der Waals surface area contributed by atoms with Crippen LogP contribution in [0.3, 0.4) is 0 Å². The monoisotopic (exact) mass is 900 g/mol. The molecule has 6 nitrogen and oxygen atoms in total.